The number of hydrogen-bond donors (Lipinski definition) is 1. The fraction of sp³-hybridized carbons (Fsp3) is 0.200. The van der Waals surface area contributed by atoms with Crippen molar-refractivity contribution in [3.05, 3.63) is 78.4 Å². The first-order chi connectivity index (χ1) is 15.2. The maximum absolute atomic E-state index is 12.2. The third-order valence-electron chi connectivity index (χ3n) is 4.38. The lowest BCUT2D eigenvalue weighted by molar-refractivity contribution is -0.123. The highest BCUT2D eigenvalue weighted by molar-refractivity contribution is 5.84. The van der Waals surface area contributed by atoms with Crippen molar-refractivity contribution in [3.63, 3.8) is 0 Å². The van der Waals surface area contributed by atoms with E-state index in [4.69, 9.17) is 14.2 Å². The molecule has 0 radical (unpaired) electrons. The number of benzene rings is 3. The molecular weight excluding hydrogens is 392 g/mol. The van der Waals surface area contributed by atoms with Crippen molar-refractivity contribution < 1.29 is 19.0 Å². The molecule has 160 valence electrons. The van der Waals surface area contributed by atoms with Gasteiger partial charge in [0.1, 0.15) is 5.75 Å². The molecule has 0 heterocycles. The Morgan fingerprint density at radius 1 is 0.935 bits per heavy atom. The van der Waals surface area contributed by atoms with Crippen LogP contribution >= 0.6 is 0 Å². The van der Waals surface area contributed by atoms with Crippen LogP contribution in [0.4, 0.5) is 0 Å². The minimum absolute atomic E-state index is 0.145. The fourth-order valence-electron chi connectivity index (χ4n) is 2.90. The van der Waals surface area contributed by atoms with E-state index in [9.17, 15) is 4.79 Å². The van der Waals surface area contributed by atoms with Crippen LogP contribution in [-0.4, -0.2) is 32.4 Å². The van der Waals surface area contributed by atoms with E-state index in [0.29, 0.717) is 23.9 Å². The van der Waals surface area contributed by atoms with E-state index in [0.717, 1.165) is 23.1 Å². The molecule has 0 saturated heterocycles. The molecule has 0 fully saturated rings. The van der Waals surface area contributed by atoms with Gasteiger partial charge in [0.05, 0.1) is 19.9 Å². The number of carbonyl (C=O) groups is 1. The first-order valence-corrected chi connectivity index (χ1v) is 10.1. The molecule has 1 amide bonds. The van der Waals surface area contributed by atoms with Crippen molar-refractivity contribution in [3.8, 4) is 28.4 Å². The second-order valence-electron chi connectivity index (χ2n) is 6.70. The summed E-state index contributed by atoms with van der Waals surface area (Å²) >= 11 is 0. The summed E-state index contributed by atoms with van der Waals surface area (Å²) in [5, 5.41) is 4.00. The highest BCUT2D eigenvalue weighted by Crippen LogP contribution is 2.29. The largest absolute Gasteiger partial charge is 0.493 e. The molecule has 6 nitrogen and oxygen atoms in total. The zero-order valence-corrected chi connectivity index (χ0v) is 17.7. The van der Waals surface area contributed by atoms with Crippen molar-refractivity contribution >= 4 is 12.1 Å². The molecule has 0 spiro atoms. The Morgan fingerprint density at radius 3 is 2.48 bits per heavy atom. The first kappa shape index (κ1) is 21.9. The Kier molecular flexibility index (Phi) is 8.05. The van der Waals surface area contributed by atoms with Crippen LogP contribution in [0, 0.1) is 0 Å². The summed E-state index contributed by atoms with van der Waals surface area (Å²) < 4.78 is 16.7. The minimum Gasteiger partial charge on any atom is -0.493 e. The van der Waals surface area contributed by atoms with Crippen molar-refractivity contribution in [2.24, 2.45) is 5.10 Å². The number of rotatable bonds is 10. The predicted octanol–water partition coefficient (Wildman–Crippen LogP) is 4.68. The number of methoxy groups -OCH3 is 1. The Bertz CT molecular complexity index is 1020. The molecule has 0 unspecified atom stereocenters. The van der Waals surface area contributed by atoms with Gasteiger partial charge in [-0.05, 0) is 41.8 Å². The molecule has 0 aliphatic rings. The smallest absolute Gasteiger partial charge is 0.277 e. The zero-order valence-electron chi connectivity index (χ0n) is 17.7. The summed E-state index contributed by atoms with van der Waals surface area (Å²) in [5.41, 5.74) is 5.21. The van der Waals surface area contributed by atoms with Crippen molar-refractivity contribution in [2.45, 2.75) is 13.3 Å². The third-order valence-corrected chi connectivity index (χ3v) is 4.38. The molecule has 1 N–H and O–H groups in total. The number of nitrogens with one attached hydrogen (secondary N) is 1. The van der Waals surface area contributed by atoms with Gasteiger partial charge in [0.25, 0.3) is 5.91 Å². The van der Waals surface area contributed by atoms with Gasteiger partial charge in [-0.2, -0.15) is 5.10 Å². The highest BCUT2D eigenvalue weighted by Gasteiger charge is 2.08. The fourth-order valence-corrected chi connectivity index (χ4v) is 2.90. The van der Waals surface area contributed by atoms with Crippen molar-refractivity contribution in [2.75, 3.05) is 20.3 Å². The average molecular weight is 418 g/mol. The van der Waals surface area contributed by atoms with E-state index in [1.54, 1.807) is 19.4 Å². The van der Waals surface area contributed by atoms with Gasteiger partial charge in [-0.25, -0.2) is 5.43 Å². The van der Waals surface area contributed by atoms with E-state index in [1.807, 2.05) is 73.7 Å². The van der Waals surface area contributed by atoms with E-state index in [1.165, 1.54) is 0 Å². The maximum Gasteiger partial charge on any atom is 0.277 e. The third kappa shape index (κ3) is 6.34. The van der Waals surface area contributed by atoms with Gasteiger partial charge in [-0.1, -0.05) is 55.5 Å². The van der Waals surface area contributed by atoms with Crippen LogP contribution in [0.25, 0.3) is 11.1 Å². The Morgan fingerprint density at radius 2 is 1.71 bits per heavy atom. The number of carbonyl (C=O) groups excluding carboxylic acids is 1. The Labute approximate surface area is 182 Å². The second-order valence-corrected chi connectivity index (χ2v) is 6.70. The molecular formula is C25H26N2O4. The summed E-state index contributed by atoms with van der Waals surface area (Å²) in [6, 6.07) is 23.0. The van der Waals surface area contributed by atoms with Crippen LogP contribution in [-0.2, 0) is 4.79 Å². The van der Waals surface area contributed by atoms with Crippen LogP contribution in [0.3, 0.4) is 0 Å². The minimum atomic E-state index is -0.353. The van der Waals surface area contributed by atoms with Gasteiger partial charge in [0.2, 0.25) is 0 Å². The zero-order chi connectivity index (χ0) is 21.9. The molecule has 0 bridgehead atoms. The lowest BCUT2D eigenvalue weighted by Gasteiger charge is -2.11. The Hall–Kier alpha value is -3.80. The lowest BCUT2D eigenvalue weighted by atomic mass is 10.1. The Balaban J connectivity index is 1.56. The molecule has 0 aliphatic carbocycles. The van der Waals surface area contributed by atoms with Crippen LogP contribution in [0.1, 0.15) is 18.9 Å². The topological polar surface area (TPSA) is 69.2 Å². The summed E-state index contributed by atoms with van der Waals surface area (Å²) in [6.07, 6.45) is 2.46. The van der Waals surface area contributed by atoms with E-state index in [-0.39, 0.29) is 12.5 Å². The van der Waals surface area contributed by atoms with Crippen molar-refractivity contribution in [1.82, 2.24) is 5.43 Å². The number of hydrogen-bond acceptors (Lipinski definition) is 5. The quantitative estimate of drug-likeness (QED) is 0.383. The molecule has 6 heteroatoms. The molecule has 0 saturated carbocycles. The highest BCUT2D eigenvalue weighted by atomic mass is 16.5. The lowest BCUT2D eigenvalue weighted by Crippen LogP contribution is -2.24. The van der Waals surface area contributed by atoms with E-state index >= 15 is 0 Å². The second kappa shape index (κ2) is 11.4. The summed E-state index contributed by atoms with van der Waals surface area (Å²) in [5.74, 6) is 1.58. The van der Waals surface area contributed by atoms with Crippen LogP contribution in [0.5, 0.6) is 17.2 Å². The van der Waals surface area contributed by atoms with E-state index < -0.39 is 0 Å². The molecule has 3 rings (SSSR count). The maximum atomic E-state index is 12.2. The van der Waals surface area contributed by atoms with E-state index in [2.05, 4.69) is 10.5 Å². The number of para-hydroxylation sites is 1. The van der Waals surface area contributed by atoms with Gasteiger partial charge in [-0.15, -0.1) is 0 Å². The van der Waals surface area contributed by atoms with Crippen LogP contribution in [0.2, 0.25) is 0 Å². The van der Waals surface area contributed by atoms with Crippen LogP contribution < -0.4 is 19.6 Å². The standard InChI is InChI=1S/C25H26N2O4/c1-3-15-30-23-14-13-19(16-24(23)29-2)17-26-27-25(28)18-31-22-12-8-7-11-21(22)20-9-5-4-6-10-20/h4-14,16-17H,3,15,18H2,1-2H3,(H,27,28)/b26-17-. The summed E-state index contributed by atoms with van der Waals surface area (Å²) in [4.78, 5) is 12.2. The normalized spacial score (nSPS) is 10.6. The molecule has 3 aromatic rings. The number of amides is 1. The van der Waals surface area contributed by atoms with Crippen LogP contribution in [0.15, 0.2) is 77.9 Å². The SMILES string of the molecule is CCCOc1ccc(/C=N\NC(=O)COc2ccccc2-c2ccccc2)cc1OC. The molecule has 0 aliphatic heterocycles. The summed E-state index contributed by atoms with van der Waals surface area (Å²) in [7, 11) is 1.58. The molecule has 31 heavy (non-hydrogen) atoms. The molecule has 0 atom stereocenters. The number of hydrazone groups is 1. The van der Waals surface area contributed by atoms with Gasteiger partial charge in [0, 0.05) is 5.56 Å². The first-order valence-electron chi connectivity index (χ1n) is 10.1. The summed E-state index contributed by atoms with van der Waals surface area (Å²) in [6.45, 7) is 2.52. The van der Waals surface area contributed by atoms with Gasteiger partial charge < -0.3 is 14.2 Å². The van der Waals surface area contributed by atoms with Gasteiger partial charge >= 0.3 is 0 Å². The van der Waals surface area contributed by atoms with Gasteiger partial charge in [-0.3, -0.25) is 4.79 Å². The molecule has 0 aromatic heterocycles. The number of nitrogens with zero attached hydrogens (tertiary/aromatic N) is 1. The predicted molar refractivity (Wildman–Crippen MR) is 122 cm³/mol. The monoisotopic (exact) mass is 418 g/mol. The number of ether oxygens (including phenoxy) is 3. The molecule has 3 aromatic carbocycles. The average Bonchev–Trinajstić information content (AvgIpc) is 2.82. The van der Waals surface area contributed by atoms with Crippen molar-refractivity contribution in [1.29, 1.82) is 0 Å². The van der Waals surface area contributed by atoms with Gasteiger partial charge in [0.15, 0.2) is 18.1 Å².